The predicted molar refractivity (Wildman–Crippen MR) is 81.4 cm³/mol. The van der Waals surface area contributed by atoms with Crippen LogP contribution in [0, 0.1) is 12.7 Å². The van der Waals surface area contributed by atoms with Crippen LogP contribution in [0.3, 0.4) is 0 Å². The molecule has 0 heterocycles. The van der Waals surface area contributed by atoms with E-state index in [1.807, 2.05) is 19.9 Å². The number of nitrogens with one attached hydrogen (secondary N) is 1. The van der Waals surface area contributed by atoms with Crippen LogP contribution in [0.4, 0.5) is 10.1 Å². The van der Waals surface area contributed by atoms with E-state index in [0.717, 1.165) is 11.1 Å². The van der Waals surface area contributed by atoms with Crippen LogP contribution in [0.25, 0.3) is 0 Å². The van der Waals surface area contributed by atoms with Gasteiger partial charge in [0.25, 0.3) is 0 Å². The maximum Gasteiger partial charge on any atom is 0.146 e. The number of rotatable bonds is 4. The molecule has 1 N–H and O–H groups in total. The van der Waals surface area contributed by atoms with E-state index in [2.05, 4.69) is 35.8 Å². The van der Waals surface area contributed by atoms with E-state index >= 15 is 0 Å². The SMILES string of the molecule is CSc1ccc(C(C)Nc2ccc(C)cc2F)cc1. The molecule has 0 aliphatic heterocycles. The van der Waals surface area contributed by atoms with E-state index in [4.69, 9.17) is 0 Å². The third kappa shape index (κ3) is 3.51. The average molecular weight is 275 g/mol. The quantitative estimate of drug-likeness (QED) is 0.785. The Morgan fingerprint density at radius 3 is 2.37 bits per heavy atom. The number of benzene rings is 2. The first-order valence-corrected chi connectivity index (χ1v) is 7.49. The number of thioether (sulfide) groups is 1. The highest BCUT2D eigenvalue weighted by Gasteiger charge is 2.08. The minimum atomic E-state index is -0.201. The van der Waals surface area contributed by atoms with E-state index in [0.29, 0.717) is 5.69 Å². The molecule has 0 radical (unpaired) electrons. The molecule has 100 valence electrons. The van der Waals surface area contributed by atoms with Gasteiger partial charge < -0.3 is 5.32 Å². The van der Waals surface area contributed by atoms with Crippen molar-refractivity contribution in [1.82, 2.24) is 0 Å². The molecule has 1 atom stereocenters. The number of aryl methyl sites for hydroxylation is 1. The molecule has 0 bridgehead atoms. The Labute approximate surface area is 118 Å². The summed E-state index contributed by atoms with van der Waals surface area (Å²) in [4.78, 5) is 1.23. The first-order chi connectivity index (χ1) is 9.10. The van der Waals surface area contributed by atoms with Gasteiger partial charge in [-0.1, -0.05) is 18.2 Å². The van der Waals surface area contributed by atoms with Crippen LogP contribution in [0.5, 0.6) is 0 Å². The Balaban J connectivity index is 2.13. The molecule has 0 saturated carbocycles. The Kier molecular flexibility index (Phi) is 4.48. The Morgan fingerprint density at radius 1 is 1.11 bits per heavy atom. The van der Waals surface area contributed by atoms with Gasteiger partial charge in [0.05, 0.1) is 5.69 Å². The van der Waals surface area contributed by atoms with Crippen LogP contribution in [0.2, 0.25) is 0 Å². The Bertz CT molecular complexity index is 551. The zero-order valence-electron chi connectivity index (χ0n) is 11.4. The molecule has 3 heteroatoms. The van der Waals surface area contributed by atoms with E-state index in [-0.39, 0.29) is 11.9 Å². The van der Waals surface area contributed by atoms with Crippen LogP contribution in [0.15, 0.2) is 47.4 Å². The van der Waals surface area contributed by atoms with Gasteiger partial charge in [0.15, 0.2) is 0 Å². The van der Waals surface area contributed by atoms with E-state index in [1.54, 1.807) is 23.9 Å². The largest absolute Gasteiger partial charge is 0.376 e. The first-order valence-electron chi connectivity index (χ1n) is 6.27. The van der Waals surface area contributed by atoms with Crippen molar-refractivity contribution in [3.63, 3.8) is 0 Å². The predicted octanol–water partition coefficient (Wildman–Crippen LogP) is 5.03. The fraction of sp³-hybridized carbons (Fsp3) is 0.250. The van der Waals surface area contributed by atoms with Crippen LogP contribution in [-0.2, 0) is 0 Å². The first kappa shape index (κ1) is 13.9. The number of hydrogen-bond donors (Lipinski definition) is 1. The summed E-state index contributed by atoms with van der Waals surface area (Å²) in [7, 11) is 0. The van der Waals surface area contributed by atoms with Gasteiger partial charge in [0, 0.05) is 10.9 Å². The van der Waals surface area contributed by atoms with E-state index in [1.165, 1.54) is 4.90 Å². The number of hydrogen-bond acceptors (Lipinski definition) is 2. The molecule has 19 heavy (non-hydrogen) atoms. The van der Waals surface area contributed by atoms with E-state index < -0.39 is 0 Å². The molecule has 0 aliphatic carbocycles. The van der Waals surface area contributed by atoms with Gasteiger partial charge >= 0.3 is 0 Å². The zero-order valence-corrected chi connectivity index (χ0v) is 12.2. The summed E-state index contributed by atoms with van der Waals surface area (Å²) in [6.07, 6.45) is 2.05. The van der Waals surface area contributed by atoms with Gasteiger partial charge in [-0.05, 0) is 55.5 Å². The van der Waals surface area contributed by atoms with Crippen molar-refractivity contribution in [2.45, 2.75) is 24.8 Å². The minimum Gasteiger partial charge on any atom is -0.376 e. The highest BCUT2D eigenvalue weighted by atomic mass is 32.2. The summed E-state index contributed by atoms with van der Waals surface area (Å²) < 4.78 is 13.8. The maximum absolute atomic E-state index is 13.8. The molecule has 0 aromatic heterocycles. The fourth-order valence-electron chi connectivity index (χ4n) is 1.95. The maximum atomic E-state index is 13.8. The van der Waals surface area contributed by atoms with Crippen LogP contribution < -0.4 is 5.32 Å². The highest BCUT2D eigenvalue weighted by Crippen LogP contribution is 2.24. The summed E-state index contributed by atoms with van der Waals surface area (Å²) in [5.41, 5.74) is 2.63. The summed E-state index contributed by atoms with van der Waals surface area (Å²) >= 11 is 1.72. The van der Waals surface area contributed by atoms with Gasteiger partial charge in [-0.2, -0.15) is 0 Å². The third-order valence-electron chi connectivity index (χ3n) is 3.11. The lowest BCUT2D eigenvalue weighted by atomic mass is 10.1. The summed E-state index contributed by atoms with van der Waals surface area (Å²) in [6.45, 7) is 3.92. The molecule has 1 nitrogen and oxygen atoms in total. The average Bonchev–Trinajstić information content (AvgIpc) is 2.42. The summed E-state index contributed by atoms with van der Waals surface area (Å²) in [5.74, 6) is -0.201. The Morgan fingerprint density at radius 2 is 1.79 bits per heavy atom. The number of anilines is 1. The molecule has 1 unspecified atom stereocenters. The van der Waals surface area contributed by atoms with Crippen molar-refractivity contribution in [3.05, 3.63) is 59.4 Å². The van der Waals surface area contributed by atoms with Crippen molar-refractivity contribution in [1.29, 1.82) is 0 Å². The second kappa shape index (κ2) is 6.11. The van der Waals surface area contributed by atoms with Gasteiger partial charge in [0.2, 0.25) is 0 Å². The molecular formula is C16H18FNS. The van der Waals surface area contributed by atoms with E-state index in [9.17, 15) is 4.39 Å². The Hall–Kier alpha value is -1.48. The number of halogens is 1. The molecule has 2 rings (SSSR count). The standard InChI is InChI=1S/C16H18FNS/c1-11-4-9-16(15(17)10-11)18-12(2)13-5-7-14(19-3)8-6-13/h4-10,12,18H,1-3H3. The van der Waals surface area contributed by atoms with Crippen LogP contribution in [-0.4, -0.2) is 6.26 Å². The lowest BCUT2D eigenvalue weighted by molar-refractivity contribution is 0.626. The van der Waals surface area contributed by atoms with Crippen molar-refractivity contribution < 1.29 is 4.39 Å². The molecule has 0 saturated heterocycles. The molecular weight excluding hydrogens is 257 g/mol. The second-order valence-electron chi connectivity index (χ2n) is 4.62. The second-order valence-corrected chi connectivity index (χ2v) is 5.50. The van der Waals surface area contributed by atoms with Crippen LogP contribution >= 0.6 is 11.8 Å². The summed E-state index contributed by atoms with van der Waals surface area (Å²) in [6, 6.07) is 13.7. The minimum absolute atomic E-state index is 0.0770. The molecule has 0 amide bonds. The van der Waals surface area contributed by atoms with Gasteiger partial charge in [-0.25, -0.2) is 4.39 Å². The van der Waals surface area contributed by atoms with Crippen LogP contribution in [0.1, 0.15) is 24.1 Å². The molecule has 2 aromatic rings. The normalized spacial score (nSPS) is 12.2. The zero-order chi connectivity index (χ0) is 13.8. The van der Waals surface area contributed by atoms with Crippen molar-refractivity contribution in [2.24, 2.45) is 0 Å². The highest BCUT2D eigenvalue weighted by molar-refractivity contribution is 7.98. The van der Waals surface area contributed by atoms with Crippen molar-refractivity contribution in [3.8, 4) is 0 Å². The van der Waals surface area contributed by atoms with Gasteiger partial charge in [0.1, 0.15) is 5.82 Å². The lowest BCUT2D eigenvalue weighted by Gasteiger charge is -2.16. The van der Waals surface area contributed by atoms with Gasteiger partial charge in [-0.15, -0.1) is 11.8 Å². The molecule has 0 fully saturated rings. The lowest BCUT2D eigenvalue weighted by Crippen LogP contribution is -2.07. The fourth-order valence-corrected chi connectivity index (χ4v) is 2.35. The molecule has 0 aliphatic rings. The molecule has 0 spiro atoms. The monoisotopic (exact) mass is 275 g/mol. The van der Waals surface area contributed by atoms with Crippen molar-refractivity contribution in [2.75, 3.05) is 11.6 Å². The smallest absolute Gasteiger partial charge is 0.146 e. The van der Waals surface area contributed by atoms with Crippen molar-refractivity contribution >= 4 is 17.4 Å². The third-order valence-corrected chi connectivity index (χ3v) is 3.86. The molecule has 2 aromatic carbocycles. The summed E-state index contributed by atoms with van der Waals surface area (Å²) in [5, 5.41) is 3.21. The van der Waals surface area contributed by atoms with Gasteiger partial charge in [-0.3, -0.25) is 0 Å². The topological polar surface area (TPSA) is 12.0 Å².